The Kier molecular flexibility index (Phi) is 7.68. The maximum Gasteiger partial charge on any atom is 0.254 e. The molecule has 3 aromatic rings. The number of methoxy groups -OCH3 is 4. The Morgan fingerprint density at radius 2 is 1.48 bits per heavy atom. The van der Waals surface area contributed by atoms with Gasteiger partial charge in [0.05, 0.1) is 40.4 Å². The van der Waals surface area contributed by atoms with E-state index in [0.717, 1.165) is 11.4 Å². The van der Waals surface area contributed by atoms with Gasteiger partial charge < -0.3 is 33.6 Å². The Morgan fingerprint density at radius 1 is 0.825 bits per heavy atom. The highest BCUT2D eigenvalue weighted by Gasteiger charge is 2.45. The van der Waals surface area contributed by atoms with Crippen LogP contribution in [-0.2, 0) is 4.79 Å². The van der Waals surface area contributed by atoms with Crippen LogP contribution < -0.4 is 23.8 Å². The number of aromatic nitrogens is 1. The topological polar surface area (TPSA) is 93.7 Å². The van der Waals surface area contributed by atoms with E-state index in [1.54, 1.807) is 57.7 Å². The zero-order chi connectivity index (χ0) is 28.4. The molecule has 2 aliphatic heterocycles. The van der Waals surface area contributed by atoms with Gasteiger partial charge >= 0.3 is 0 Å². The number of rotatable bonds is 7. The molecule has 210 valence electrons. The zero-order valence-corrected chi connectivity index (χ0v) is 23.4. The van der Waals surface area contributed by atoms with Crippen molar-refractivity contribution < 1.29 is 28.5 Å². The summed E-state index contributed by atoms with van der Waals surface area (Å²) in [5, 5.41) is 0. The number of hydrogen-bond donors (Lipinski definition) is 0. The molecule has 1 saturated heterocycles. The van der Waals surface area contributed by atoms with Gasteiger partial charge in [-0.2, -0.15) is 0 Å². The van der Waals surface area contributed by atoms with Gasteiger partial charge in [-0.1, -0.05) is 12.1 Å². The molecule has 10 nitrogen and oxygen atoms in total. The second-order valence-electron chi connectivity index (χ2n) is 9.75. The van der Waals surface area contributed by atoms with Crippen LogP contribution in [0.2, 0.25) is 0 Å². The van der Waals surface area contributed by atoms with Crippen LogP contribution in [-0.4, -0.2) is 88.3 Å². The Morgan fingerprint density at radius 3 is 2.10 bits per heavy atom. The molecule has 2 atom stereocenters. The van der Waals surface area contributed by atoms with E-state index in [2.05, 4.69) is 9.88 Å². The molecule has 0 saturated carbocycles. The molecule has 2 aliphatic rings. The normalized spacial score (nSPS) is 18.7. The molecule has 1 aromatic heterocycles. The van der Waals surface area contributed by atoms with Crippen molar-refractivity contribution in [2.24, 2.45) is 0 Å². The minimum atomic E-state index is -0.683. The van der Waals surface area contributed by atoms with Crippen LogP contribution in [0.4, 0.5) is 5.82 Å². The van der Waals surface area contributed by atoms with Crippen LogP contribution in [0.25, 0.3) is 0 Å². The summed E-state index contributed by atoms with van der Waals surface area (Å²) in [6.45, 7) is 2.38. The van der Waals surface area contributed by atoms with Crippen LogP contribution >= 0.6 is 0 Å². The van der Waals surface area contributed by atoms with E-state index in [1.165, 1.54) is 7.11 Å². The first-order valence-electron chi connectivity index (χ1n) is 13.1. The number of hydrogen-bond acceptors (Lipinski definition) is 8. The number of fused-ring (bicyclic) bond motifs is 1. The molecular formula is C30H34N4O6. The van der Waals surface area contributed by atoms with Crippen LogP contribution in [0.1, 0.15) is 33.4 Å². The Balaban J connectivity index is 1.57. The second kappa shape index (κ2) is 11.3. The molecular weight excluding hydrogens is 512 g/mol. The van der Waals surface area contributed by atoms with Crippen LogP contribution in [0.15, 0.2) is 54.7 Å². The monoisotopic (exact) mass is 546 g/mol. The molecule has 0 spiro atoms. The number of carbonyl (C=O) groups excluding carboxylic acids is 2. The lowest BCUT2D eigenvalue weighted by atomic mass is 9.78. The van der Waals surface area contributed by atoms with Crippen molar-refractivity contribution in [3.8, 4) is 23.0 Å². The first kappa shape index (κ1) is 27.1. The van der Waals surface area contributed by atoms with Gasteiger partial charge in [0.15, 0.2) is 23.0 Å². The van der Waals surface area contributed by atoms with Crippen molar-refractivity contribution in [3.63, 3.8) is 0 Å². The standard InChI is InChI=1S/C30H34N4O6/c1-32-28(19-9-10-22(37-2)23(16-19)38-3)27(20-17-24(39-4)25(40-5)18-21(20)29(32)35)30(36)34-14-12-33(13-15-34)26-8-6-7-11-31-26/h6-11,16-18,27-28H,12-15H2,1-5H3/t27-,28-/m1/s1. The molecule has 2 amide bonds. The minimum Gasteiger partial charge on any atom is -0.493 e. The third kappa shape index (κ3) is 4.74. The summed E-state index contributed by atoms with van der Waals surface area (Å²) in [5.41, 5.74) is 1.79. The first-order chi connectivity index (χ1) is 19.4. The van der Waals surface area contributed by atoms with Gasteiger partial charge in [-0.05, 0) is 47.5 Å². The number of likely N-dealkylation sites (N-methyl/N-ethyl adjacent to an activating group) is 1. The fourth-order valence-electron chi connectivity index (χ4n) is 5.66. The third-order valence-electron chi connectivity index (χ3n) is 7.75. The van der Waals surface area contributed by atoms with Gasteiger partial charge in [0, 0.05) is 45.0 Å². The van der Waals surface area contributed by atoms with E-state index >= 15 is 0 Å². The summed E-state index contributed by atoms with van der Waals surface area (Å²) in [6, 6.07) is 14.2. The Bertz CT molecular complexity index is 1390. The smallest absolute Gasteiger partial charge is 0.254 e. The van der Waals surface area contributed by atoms with Crippen LogP contribution in [0.5, 0.6) is 23.0 Å². The average molecular weight is 547 g/mol. The van der Waals surface area contributed by atoms with E-state index in [4.69, 9.17) is 18.9 Å². The van der Waals surface area contributed by atoms with Crippen LogP contribution in [0, 0.1) is 0 Å². The first-order valence-corrected chi connectivity index (χ1v) is 13.1. The quantitative estimate of drug-likeness (QED) is 0.445. The highest BCUT2D eigenvalue weighted by molar-refractivity contribution is 6.02. The summed E-state index contributed by atoms with van der Waals surface area (Å²) < 4.78 is 22.1. The summed E-state index contributed by atoms with van der Waals surface area (Å²) >= 11 is 0. The van der Waals surface area contributed by atoms with E-state index in [0.29, 0.717) is 60.3 Å². The molecule has 2 aromatic carbocycles. The van der Waals surface area contributed by atoms with Crippen molar-refractivity contribution in [2.45, 2.75) is 12.0 Å². The maximum atomic E-state index is 14.5. The Hall–Kier alpha value is -4.47. The molecule has 5 rings (SSSR count). The fraction of sp³-hybridized carbons (Fsp3) is 0.367. The molecule has 3 heterocycles. The van der Waals surface area contributed by atoms with Gasteiger partial charge in [-0.25, -0.2) is 4.98 Å². The van der Waals surface area contributed by atoms with E-state index < -0.39 is 12.0 Å². The lowest BCUT2D eigenvalue weighted by Gasteiger charge is -2.43. The molecule has 0 unspecified atom stereocenters. The summed E-state index contributed by atoms with van der Waals surface area (Å²) in [7, 11) is 7.93. The third-order valence-corrected chi connectivity index (χ3v) is 7.75. The predicted molar refractivity (Wildman–Crippen MR) is 150 cm³/mol. The average Bonchev–Trinajstić information content (AvgIpc) is 3.01. The molecule has 0 bridgehead atoms. The highest BCUT2D eigenvalue weighted by atomic mass is 16.5. The number of carbonyl (C=O) groups is 2. The van der Waals surface area contributed by atoms with Crippen molar-refractivity contribution >= 4 is 17.6 Å². The Labute approximate surface area is 234 Å². The van der Waals surface area contributed by atoms with Crippen molar-refractivity contribution in [1.82, 2.24) is 14.8 Å². The van der Waals surface area contributed by atoms with Crippen LogP contribution in [0.3, 0.4) is 0 Å². The summed E-state index contributed by atoms with van der Waals surface area (Å²) in [4.78, 5) is 38.3. The number of pyridine rings is 1. The molecule has 0 N–H and O–H groups in total. The van der Waals surface area contributed by atoms with Gasteiger partial charge in [0.25, 0.3) is 5.91 Å². The van der Waals surface area contributed by atoms with Gasteiger partial charge in [0.2, 0.25) is 5.91 Å². The zero-order valence-electron chi connectivity index (χ0n) is 23.4. The predicted octanol–water partition coefficient (Wildman–Crippen LogP) is 3.38. The molecule has 40 heavy (non-hydrogen) atoms. The number of ether oxygens (including phenoxy) is 4. The fourth-order valence-corrected chi connectivity index (χ4v) is 5.66. The number of anilines is 1. The lowest BCUT2D eigenvalue weighted by molar-refractivity contribution is -0.134. The maximum absolute atomic E-state index is 14.5. The highest BCUT2D eigenvalue weighted by Crippen LogP contribution is 2.47. The van der Waals surface area contributed by atoms with E-state index in [1.807, 2.05) is 35.2 Å². The summed E-state index contributed by atoms with van der Waals surface area (Å²) in [5.74, 6) is 1.92. The number of piperazine rings is 1. The van der Waals surface area contributed by atoms with Gasteiger partial charge in [0.1, 0.15) is 5.82 Å². The summed E-state index contributed by atoms with van der Waals surface area (Å²) in [6.07, 6.45) is 1.77. The van der Waals surface area contributed by atoms with Gasteiger partial charge in [-0.3, -0.25) is 9.59 Å². The SMILES string of the molecule is COc1ccc([C@@H]2[C@H](C(=O)N3CCN(c4ccccn4)CC3)c3cc(OC)c(OC)cc3C(=O)N2C)cc1OC. The molecule has 1 fully saturated rings. The number of nitrogens with zero attached hydrogens (tertiary/aromatic N) is 4. The number of amides is 2. The molecule has 0 radical (unpaired) electrons. The number of benzene rings is 2. The van der Waals surface area contributed by atoms with Gasteiger partial charge in [-0.15, -0.1) is 0 Å². The largest absolute Gasteiger partial charge is 0.493 e. The van der Waals surface area contributed by atoms with Crippen molar-refractivity contribution in [2.75, 3.05) is 66.6 Å². The lowest BCUT2D eigenvalue weighted by Crippen LogP contribution is -2.53. The van der Waals surface area contributed by atoms with Crippen molar-refractivity contribution in [3.05, 3.63) is 71.4 Å². The van der Waals surface area contributed by atoms with E-state index in [-0.39, 0.29) is 11.8 Å². The minimum absolute atomic E-state index is 0.0618. The van der Waals surface area contributed by atoms with Crippen molar-refractivity contribution in [1.29, 1.82) is 0 Å². The molecule has 10 heteroatoms. The molecule has 0 aliphatic carbocycles. The second-order valence-corrected chi connectivity index (χ2v) is 9.75. The van der Waals surface area contributed by atoms with E-state index in [9.17, 15) is 9.59 Å².